The minimum absolute atomic E-state index is 0.00385. The molecule has 5 heteroatoms. The number of benzene rings is 7. The summed E-state index contributed by atoms with van der Waals surface area (Å²) in [5.74, 6) is 1.87. The zero-order chi connectivity index (χ0) is 44.4. The molecule has 3 heterocycles. The number of ether oxygens (including phenoxy) is 1. The van der Waals surface area contributed by atoms with Crippen LogP contribution >= 0.6 is 11.3 Å². The van der Waals surface area contributed by atoms with Crippen molar-refractivity contribution in [2.24, 2.45) is 0 Å². The molecule has 1 aromatic heterocycles. The molecule has 0 N–H and O–H groups in total. The molecule has 8 aromatic rings. The predicted molar refractivity (Wildman–Crippen MR) is 275 cm³/mol. The fourth-order valence-electron chi connectivity index (χ4n) is 9.69. The number of anilines is 6. The Balaban J connectivity index is 1.24. The lowest BCUT2D eigenvalue weighted by atomic mass is 9.34. The van der Waals surface area contributed by atoms with Crippen LogP contribution in [0.3, 0.4) is 0 Å². The lowest BCUT2D eigenvalue weighted by Crippen LogP contribution is -2.59. The van der Waals surface area contributed by atoms with Crippen molar-refractivity contribution in [2.75, 3.05) is 9.80 Å². The van der Waals surface area contributed by atoms with E-state index in [0.717, 1.165) is 28.6 Å². The highest BCUT2D eigenvalue weighted by molar-refractivity contribution is 7.26. The molecule has 0 saturated heterocycles. The summed E-state index contributed by atoms with van der Waals surface area (Å²) in [6, 6.07) is 52.9. The van der Waals surface area contributed by atoms with Crippen LogP contribution in [0.4, 0.5) is 34.1 Å². The molecule has 63 heavy (non-hydrogen) atoms. The third kappa shape index (κ3) is 6.95. The third-order valence-electron chi connectivity index (χ3n) is 13.4. The van der Waals surface area contributed by atoms with Gasteiger partial charge in [0.2, 0.25) is 0 Å². The summed E-state index contributed by atoms with van der Waals surface area (Å²) in [6.07, 6.45) is 0. The van der Waals surface area contributed by atoms with Gasteiger partial charge in [0, 0.05) is 38.2 Å². The lowest BCUT2D eigenvalue weighted by Gasteiger charge is -2.41. The van der Waals surface area contributed by atoms with Crippen molar-refractivity contribution < 1.29 is 4.74 Å². The van der Waals surface area contributed by atoms with Crippen LogP contribution in [0, 0.1) is 0 Å². The monoisotopic (exact) mass is 842 g/mol. The molecule has 2 aliphatic rings. The largest absolute Gasteiger partial charge is 0.458 e. The quantitative estimate of drug-likeness (QED) is 0.164. The summed E-state index contributed by atoms with van der Waals surface area (Å²) < 4.78 is 9.43. The Morgan fingerprint density at radius 2 is 1.02 bits per heavy atom. The van der Waals surface area contributed by atoms with E-state index < -0.39 is 0 Å². The summed E-state index contributed by atoms with van der Waals surface area (Å²) in [5.41, 5.74) is 16.1. The molecule has 0 aliphatic carbocycles. The normalized spacial score (nSPS) is 13.8. The average molecular weight is 843 g/mol. The molecule has 3 nitrogen and oxygen atoms in total. The maximum atomic E-state index is 6.91. The topological polar surface area (TPSA) is 15.7 Å². The molecular formula is C58H59BN2OS. The van der Waals surface area contributed by atoms with E-state index in [2.05, 4.69) is 232 Å². The highest BCUT2D eigenvalue weighted by Crippen LogP contribution is 2.52. The van der Waals surface area contributed by atoms with Gasteiger partial charge in [-0.3, -0.25) is 0 Å². The Labute approximate surface area is 379 Å². The summed E-state index contributed by atoms with van der Waals surface area (Å²) in [4.78, 5) is 5.02. The second-order valence-corrected chi connectivity index (χ2v) is 23.0. The minimum Gasteiger partial charge on any atom is -0.458 e. The third-order valence-corrected chi connectivity index (χ3v) is 14.6. The zero-order valence-corrected chi connectivity index (χ0v) is 39.9. The van der Waals surface area contributed by atoms with Crippen molar-refractivity contribution in [3.8, 4) is 11.5 Å². The van der Waals surface area contributed by atoms with Gasteiger partial charge in [0.25, 0.3) is 6.71 Å². The predicted octanol–water partition coefficient (Wildman–Crippen LogP) is 15.1. The number of hydrogen-bond donors (Lipinski definition) is 0. The number of rotatable bonds is 4. The van der Waals surface area contributed by atoms with Gasteiger partial charge in [-0.05, 0) is 127 Å². The molecule has 0 spiro atoms. The van der Waals surface area contributed by atoms with Gasteiger partial charge in [-0.1, -0.05) is 156 Å². The standard InChI is InChI=1S/C58H59BN2OS/c1-55(2,3)36-20-26-40(27-21-36)60(41-28-22-37(23-29-41)56(4,5)6)48-32-31-46(52-42-16-13-14-19-51(42)63-54(48)52)61-45-30-24-38(57(7,8)9)34-43(45)59-44-35-39(58(10,11)12)25-33-49(44)62-50-18-15-17-47(61)53(50)59/h13-35H,1-12H3. The van der Waals surface area contributed by atoms with E-state index in [-0.39, 0.29) is 28.4 Å². The molecule has 0 atom stereocenters. The Kier molecular flexibility index (Phi) is 9.41. The van der Waals surface area contributed by atoms with E-state index in [1.165, 1.54) is 75.9 Å². The van der Waals surface area contributed by atoms with E-state index >= 15 is 0 Å². The molecule has 316 valence electrons. The molecule has 0 bridgehead atoms. The van der Waals surface area contributed by atoms with Gasteiger partial charge in [-0.15, -0.1) is 11.3 Å². The first-order valence-corrected chi connectivity index (χ1v) is 23.4. The molecule has 10 rings (SSSR count). The molecular weight excluding hydrogens is 784 g/mol. The Hall–Kier alpha value is -5.78. The fourth-order valence-corrected chi connectivity index (χ4v) is 10.9. The van der Waals surface area contributed by atoms with Crippen molar-refractivity contribution in [2.45, 2.75) is 105 Å². The van der Waals surface area contributed by atoms with Gasteiger partial charge in [0.15, 0.2) is 0 Å². The van der Waals surface area contributed by atoms with Crippen LogP contribution in [0.2, 0.25) is 0 Å². The van der Waals surface area contributed by atoms with Crippen LogP contribution in [0.5, 0.6) is 11.5 Å². The smallest absolute Gasteiger partial charge is 0.256 e. The van der Waals surface area contributed by atoms with Crippen molar-refractivity contribution >= 4 is 88.7 Å². The second-order valence-electron chi connectivity index (χ2n) is 21.9. The van der Waals surface area contributed by atoms with Crippen LogP contribution in [-0.2, 0) is 21.7 Å². The zero-order valence-electron chi connectivity index (χ0n) is 39.1. The van der Waals surface area contributed by atoms with Crippen LogP contribution in [-0.4, -0.2) is 6.71 Å². The fraction of sp³-hybridized carbons (Fsp3) is 0.276. The van der Waals surface area contributed by atoms with Crippen molar-refractivity contribution in [3.63, 3.8) is 0 Å². The lowest BCUT2D eigenvalue weighted by molar-refractivity contribution is 0.486. The SMILES string of the molecule is CC(C)(C)c1ccc(N(c2ccc(C(C)(C)C)cc2)c2ccc(N3c4ccc(C(C)(C)C)cc4B4c5cc(C(C)(C)C)ccc5Oc5cccc3c54)c3c2sc2ccccc23)cc1. The average Bonchev–Trinajstić information content (AvgIpc) is 3.63. The molecule has 0 radical (unpaired) electrons. The van der Waals surface area contributed by atoms with E-state index in [0.29, 0.717) is 0 Å². The summed E-state index contributed by atoms with van der Waals surface area (Å²) in [5, 5.41) is 2.52. The van der Waals surface area contributed by atoms with E-state index in [1.54, 1.807) is 0 Å². The molecule has 0 unspecified atom stereocenters. The molecule has 0 saturated carbocycles. The molecule has 2 aliphatic heterocycles. The van der Waals surface area contributed by atoms with Gasteiger partial charge >= 0.3 is 0 Å². The van der Waals surface area contributed by atoms with Crippen LogP contribution in [0.25, 0.3) is 20.2 Å². The van der Waals surface area contributed by atoms with Crippen molar-refractivity contribution in [1.82, 2.24) is 0 Å². The number of fused-ring (bicyclic) bond motifs is 7. The maximum Gasteiger partial charge on any atom is 0.256 e. The highest BCUT2D eigenvalue weighted by atomic mass is 32.1. The van der Waals surface area contributed by atoms with Gasteiger partial charge in [-0.2, -0.15) is 0 Å². The van der Waals surface area contributed by atoms with Gasteiger partial charge in [0.05, 0.1) is 16.1 Å². The minimum atomic E-state index is -0.0288. The number of thiophene rings is 1. The van der Waals surface area contributed by atoms with Crippen LogP contribution in [0.15, 0.2) is 140 Å². The second kappa shape index (κ2) is 14.4. The highest BCUT2D eigenvalue weighted by Gasteiger charge is 2.43. The Morgan fingerprint density at radius 3 is 1.62 bits per heavy atom. The van der Waals surface area contributed by atoms with Gasteiger partial charge in [0.1, 0.15) is 11.5 Å². The number of nitrogens with zero attached hydrogens (tertiary/aromatic N) is 2. The van der Waals surface area contributed by atoms with E-state index in [9.17, 15) is 0 Å². The summed E-state index contributed by atoms with van der Waals surface area (Å²) >= 11 is 1.89. The Morgan fingerprint density at radius 1 is 0.476 bits per heavy atom. The first-order chi connectivity index (χ1) is 29.8. The first kappa shape index (κ1) is 41.2. The summed E-state index contributed by atoms with van der Waals surface area (Å²) in [7, 11) is 0. The summed E-state index contributed by atoms with van der Waals surface area (Å²) in [6.45, 7) is 27.6. The first-order valence-electron chi connectivity index (χ1n) is 22.6. The molecule has 7 aromatic carbocycles. The van der Waals surface area contributed by atoms with Crippen LogP contribution in [0.1, 0.15) is 105 Å². The van der Waals surface area contributed by atoms with Gasteiger partial charge in [-0.25, -0.2) is 0 Å². The van der Waals surface area contributed by atoms with Gasteiger partial charge < -0.3 is 14.5 Å². The molecule has 0 amide bonds. The molecule has 0 fully saturated rings. The van der Waals surface area contributed by atoms with Crippen molar-refractivity contribution in [1.29, 1.82) is 0 Å². The van der Waals surface area contributed by atoms with E-state index in [4.69, 9.17) is 4.74 Å². The number of hydrogen-bond acceptors (Lipinski definition) is 4. The van der Waals surface area contributed by atoms with Crippen LogP contribution < -0.4 is 30.9 Å². The Bertz CT molecular complexity index is 3020. The van der Waals surface area contributed by atoms with E-state index in [1.807, 2.05) is 11.3 Å². The maximum absolute atomic E-state index is 6.91. The van der Waals surface area contributed by atoms with Crippen molar-refractivity contribution in [3.05, 3.63) is 162 Å².